The zero-order valence-electron chi connectivity index (χ0n) is 19.8. The Labute approximate surface area is 204 Å². The van der Waals surface area contributed by atoms with Gasteiger partial charge < -0.3 is 14.7 Å². The summed E-state index contributed by atoms with van der Waals surface area (Å²) in [4.78, 5) is 22.8. The Kier molecular flexibility index (Phi) is 5.49. The van der Waals surface area contributed by atoms with E-state index in [4.69, 9.17) is 9.72 Å². The number of fused-ring (bicyclic) bond motifs is 4. The molecule has 35 heavy (non-hydrogen) atoms. The van der Waals surface area contributed by atoms with Crippen molar-refractivity contribution in [3.05, 3.63) is 83.1 Å². The third kappa shape index (κ3) is 3.96. The number of likely N-dealkylation sites (tertiary alicyclic amines) is 1. The van der Waals surface area contributed by atoms with E-state index in [0.717, 1.165) is 67.1 Å². The molecule has 6 rings (SSSR count). The number of carbonyl (C=O) groups is 1. The number of piperidine rings is 1. The largest absolute Gasteiger partial charge is 0.485 e. The van der Waals surface area contributed by atoms with Crippen molar-refractivity contribution in [1.29, 1.82) is 0 Å². The number of hydrogen-bond donors (Lipinski definition) is 1. The molecule has 1 N–H and O–H groups in total. The first-order chi connectivity index (χ1) is 17.1. The minimum absolute atomic E-state index is 0.0565. The standard InChI is InChI=1S/C28H28N4O3/c1-18-8-9-22-21(5-3-6-23(22)30-18)19-10-13-31(14-11-19)15-12-20-4-2-7-24-27(20)35-16-25-26(28(33)34)29-17-32(24)25/h2-9,17,19H,10-16H2,1H3,(H,33,34). The summed E-state index contributed by atoms with van der Waals surface area (Å²) in [5.41, 5.74) is 6.23. The van der Waals surface area contributed by atoms with Gasteiger partial charge in [-0.1, -0.05) is 30.3 Å². The highest BCUT2D eigenvalue weighted by atomic mass is 16.5. The molecule has 2 aliphatic heterocycles. The number of nitrogens with zero attached hydrogens (tertiary/aromatic N) is 4. The lowest BCUT2D eigenvalue weighted by Crippen LogP contribution is -2.34. The van der Waals surface area contributed by atoms with E-state index < -0.39 is 5.97 Å². The molecule has 0 bridgehead atoms. The molecular formula is C28H28N4O3. The highest BCUT2D eigenvalue weighted by molar-refractivity contribution is 5.87. The van der Waals surface area contributed by atoms with Crippen LogP contribution in [0.3, 0.4) is 0 Å². The van der Waals surface area contributed by atoms with Crippen molar-refractivity contribution >= 4 is 16.9 Å². The summed E-state index contributed by atoms with van der Waals surface area (Å²) in [5.74, 6) is 0.373. The average molecular weight is 469 g/mol. The van der Waals surface area contributed by atoms with Crippen LogP contribution in [-0.2, 0) is 13.0 Å². The maximum atomic E-state index is 11.4. The second-order valence-corrected chi connectivity index (χ2v) is 9.50. The van der Waals surface area contributed by atoms with Gasteiger partial charge in [0, 0.05) is 17.6 Å². The Bertz CT molecular complexity index is 1420. The lowest BCUT2D eigenvalue weighted by atomic mass is 9.87. The van der Waals surface area contributed by atoms with Crippen LogP contribution in [0.4, 0.5) is 0 Å². The average Bonchev–Trinajstić information content (AvgIpc) is 3.32. The van der Waals surface area contributed by atoms with Crippen molar-refractivity contribution in [1.82, 2.24) is 19.4 Å². The zero-order valence-corrected chi connectivity index (χ0v) is 19.8. The normalized spacial score (nSPS) is 16.0. The molecule has 0 unspecified atom stereocenters. The molecule has 0 atom stereocenters. The maximum Gasteiger partial charge on any atom is 0.356 e. The van der Waals surface area contributed by atoms with Crippen LogP contribution in [0.5, 0.6) is 5.75 Å². The van der Waals surface area contributed by atoms with Gasteiger partial charge in [-0.15, -0.1) is 0 Å². The molecule has 7 heteroatoms. The van der Waals surface area contributed by atoms with Gasteiger partial charge in [0.25, 0.3) is 0 Å². The number of carboxylic acid groups (broad SMARTS) is 1. The van der Waals surface area contributed by atoms with Crippen LogP contribution in [0, 0.1) is 6.92 Å². The first-order valence-corrected chi connectivity index (χ1v) is 12.2. The summed E-state index contributed by atoms with van der Waals surface area (Å²) in [7, 11) is 0. The topological polar surface area (TPSA) is 80.5 Å². The molecule has 0 spiro atoms. The summed E-state index contributed by atoms with van der Waals surface area (Å²) >= 11 is 0. The molecule has 0 aliphatic carbocycles. The molecule has 2 aromatic carbocycles. The van der Waals surface area contributed by atoms with Gasteiger partial charge in [0.15, 0.2) is 5.69 Å². The summed E-state index contributed by atoms with van der Waals surface area (Å²) in [6.07, 6.45) is 4.76. The Hall–Kier alpha value is -3.71. The fourth-order valence-electron chi connectivity index (χ4n) is 5.55. The number of aryl methyl sites for hydroxylation is 1. The summed E-state index contributed by atoms with van der Waals surface area (Å²) in [6, 6.07) is 16.9. The quantitative estimate of drug-likeness (QED) is 0.456. The molecule has 7 nitrogen and oxygen atoms in total. The van der Waals surface area contributed by atoms with Crippen LogP contribution in [0.15, 0.2) is 54.9 Å². The van der Waals surface area contributed by atoms with E-state index in [2.05, 4.69) is 46.3 Å². The van der Waals surface area contributed by atoms with Crippen molar-refractivity contribution in [3.63, 3.8) is 0 Å². The summed E-state index contributed by atoms with van der Waals surface area (Å²) in [5, 5.41) is 10.7. The number of carboxylic acids is 1. The second-order valence-electron chi connectivity index (χ2n) is 9.50. The van der Waals surface area contributed by atoms with E-state index in [1.54, 1.807) is 6.33 Å². The van der Waals surface area contributed by atoms with E-state index in [1.165, 1.54) is 10.9 Å². The van der Waals surface area contributed by atoms with E-state index in [9.17, 15) is 9.90 Å². The molecule has 178 valence electrons. The number of aromatic carboxylic acids is 1. The molecule has 0 radical (unpaired) electrons. The molecule has 1 fully saturated rings. The number of benzene rings is 2. The van der Waals surface area contributed by atoms with Crippen molar-refractivity contribution in [2.45, 2.75) is 38.7 Å². The second kappa shape index (κ2) is 8.82. The van der Waals surface area contributed by atoms with Crippen LogP contribution in [0.1, 0.15) is 51.8 Å². The minimum atomic E-state index is -1.03. The molecule has 0 amide bonds. The van der Waals surface area contributed by atoms with Crippen LogP contribution >= 0.6 is 0 Å². The van der Waals surface area contributed by atoms with E-state index in [1.807, 2.05) is 23.6 Å². The number of pyridine rings is 1. The predicted octanol–water partition coefficient (Wildman–Crippen LogP) is 4.74. The number of para-hydroxylation sites is 1. The molecule has 2 aromatic heterocycles. The van der Waals surface area contributed by atoms with Gasteiger partial charge in [-0.25, -0.2) is 9.78 Å². The van der Waals surface area contributed by atoms with Gasteiger partial charge in [-0.2, -0.15) is 0 Å². The number of rotatable bonds is 5. The lowest BCUT2D eigenvalue weighted by Gasteiger charge is -2.33. The first kappa shape index (κ1) is 21.8. The number of imidazole rings is 1. The Balaban J connectivity index is 1.13. The van der Waals surface area contributed by atoms with Crippen molar-refractivity contribution in [2.24, 2.45) is 0 Å². The van der Waals surface area contributed by atoms with E-state index >= 15 is 0 Å². The Morgan fingerprint density at radius 3 is 2.77 bits per heavy atom. The van der Waals surface area contributed by atoms with E-state index in [0.29, 0.717) is 11.6 Å². The van der Waals surface area contributed by atoms with Crippen LogP contribution < -0.4 is 4.74 Å². The van der Waals surface area contributed by atoms with Crippen LogP contribution in [0.2, 0.25) is 0 Å². The maximum absolute atomic E-state index is 11.4. The number of hydrogen-bond acceptors (Lipinski definition) is 5. The predicted molar refractivity (Wildman–Crippen MR) is 133 cm³/mol. The van der Waals surface area contributed by atoms with Gasteiger partial charge >= 0.3 is 5.97 Å². The molecular weight excluding hydrogens is 440 g/mol. The van der Waals surface area contributed by atoms with Gasteiger partial charge in [-0.3, -0.25) is 9.55 Å². The van der Waals surface area contributed by atoms with Gasteiger partial charge in [0.05, 0.1) is 16.9 Å². The monoisotopic (exact) mass is 468 g/mol. The highest BCUT2D eigenvalue weighted by Crippen LogP contribution is 2.36. The highest BCUT2D eigenvalue weighted by Gasteiger charge is 2.27. The number of aromatic nitrogens is 3. The minimum Gasteiger partial charge on any atom is -0.485 e. The zero-order chi connectivity index (χ0) is 23.9. The van der Waals surface area contributed by atoms with Crippen LogP contribution in [-0.4, -0.2) is 50.1 Å². The SMILES string of the molecule is Cc1ccc2c(C3CCN(CCc4cccc5c4OCc4c(C(=O)O)ncn4-5)CC3)cccc2n1. The molecule has 4 aromatic rings. The number of ether oxygens (including phenoxy) is 1. The Morgan fingerprint density at radius 1 is 1.11 bits per heavy atom. The third-order valence-electron chi connectivity index (χ3n) is 7.39. The Morgan fingerprint density at radius 2 is 1.94 bits per heavy atom. The van der Waals surface area contributed by atoms with Crippen molar-refractivity contribution < 1.29 is 14.6 Å². The van der Waals surface area contributed by atoms with Crippen molar-refractivity contribution in [2.75, 3.05) is 19.6 Å². The van der Waals surface area contributed by atoms with Crippen LogP contribution in [0.25, 0.3) is 16.6 Å². The molecule has 4 heterocycles. The summed E-state index contributed by atoms with van der Waals surface area (Å²) in [6.45, 7) is 5.38. The molecule has 2 aliphatic rings. The molecule has 0 saturated carbocycles. The van der Waals surface area contributed by atoms with Gasteiger partial charge in [-0.05, 0) is 74.5 Å². The fourth-order valence-corrected chi connectivity index (χ4v) is 5.55. The van der Waals surface area contributed by atoms with Crippen molar-refractivity contribution in [3.8, 4) is 11.4 Å². The van der Waals surface area contributed by atoms with Gasteiger partial charge in [0.1, 0.15) is 18.7 Å². The van der Waals surface area contributed by atoms with Gasteiger partial charge in [0.2, 0.25) is 0 Å². The fraction of sp³-hybridized carbons (Fsp3) is 0.321. The molecule has 1 saturated heterocycles. The first-order valence-electron chi connectivity index (χ1n) is 12.2. The van der Waals surface area contributed by atoms with E-state index in [-0.39, 0.29) is 12.3 Å². The summed E-state index contributed by atoms with van der Waals surface area (Å²) < 4.78 is 7.89. The third-order valence-corrected chi connectivity index (χ3v) is 7.39. The smallest absolute Gasteiger partial charge is 0.356 e. The lowest BCUT2D eigenvalue weighted by molar-refractivity contribution is 0.0687.